The average Bonchev–Trinajstić information content (AvgIpc) is 2.46. The molecule has 5 heteroatoms. The molecule has 0 N–H and O–H groups in total. The van der Waals surface area contributed by atoms with Crippen LogP contribution in [0.5, 0.6) is 0 Å². The van der Waals surface area contributed by atoms with Crippen molar-refractivity contribution in [1.82, 2.24) is 14.8 Å². The molecule has 0 aliphatic carbocycles. The van der Waals surface area contributed by atoms with Crippen molar-refractivity contribution in [3.8, 4) is 0 Å². The van der Waals surface area contributed by atoms with Crippen LogP contribution >= 0.6 is 12.6 Å². The van der Waals surface area contributed by atoms with Crippen LogP contribution in [0.1, 0.15) is 16.8 Å². The maximum absolute atomic E-state index is 12.2. The maximum atomic E-state index is 12.2. The number of piperazine rings is 1. The molecule has 0 saturated carbocycles. The first-order valence-corrected chi connectivity index (χ1v) is 6.97. The van der Waals surface area contributed by atoms with Crippen LogP contribution in [0.25, 0.3) is 0 Å². The minimum atomic E-state index is 0.117. The number of aromatic nitrogens is 1. The Labute approximate surface area is 113 Å². The summed E-state index contributed by atoms with van der Waals surface area (Å²) in [4.78, 5) is 20.4. The largest absolute Gasteiger partial charge is 0.336 e. The molecule has 0 bridgehead atoms. The van der Waals surface area contributed by atoms with Gasteiger partial charge < -0.3 is 4.90 Å². The fraction of sp³-hybridized carbons (Fsp3) is 0.538. The number of hydrogen-bond donors (Lipinski definition) is 1. The summed E-state index contributed by atoms with van der Waals surface area (Å²) in [7, 11) is 0. The van der Waals surface area contributed by atoms with Gasteiger partial charge in [-0.15, -0.1) is 0 Å². The van der Waals surface area contributed by atoms with Gasteiger partial charge in [-0.1, -0.05) is 0 Å². The topological polar surface area (TPSA) is 36.4 Å². The highest BCUT2D eigenvalue weighted by Gasteiger charge is 2.21. The fourth-order valence-electron chi connectivity index (χ4n) is 2.15. The van der Waals surface area contributed by atoms with E-state index in [1.54, 1.807) is 24.5 Å². The van der Waals surface area contributed by atoms with Gasteiger partial charge in [0.2, 0.25) is 0 Å². The SMILES string of the molecule is O=C(c1ccncc1)N1CCN(CCCS)CC1. The monoisotopic (exact) mass is 265 g/mol. The second-order valence-electron chi connectivity index (χ2n) is 4.45. The van der Waals surface area contributed by atoms with Crippen molar-refractivity contribution < 1.29 is 4.79 Å². The molecule has 1 aliphatic heterocycles. The highest BCUT2D eigenvalue weighted by Crippen LogP contribution is 2.08. The molecule has 18 heavy (non-hydrogen) atoms. The lowest BCUT2D eigenvalue weighted by Gasteiger charge is -2.34. The van der Waals surface area contributed by atoms with E-state index >= 15 is 0 Å². The van der Waals surface area contributed by atoms with Crippen molar-refractivity contribution in [2.75, 3.05) is 38.5 Å². The van der Waals surface area contributed by atoms with Crippen LogP contribution in [0, 0.1) is 0 Å². The molecular formula is C13H19N3OS. The maximum Gasteiger partial charge on any atom is 0.254 e. The first-order chi connectivity index (χ1) is 8.81. The number of thiol groups is 1. The quantitative estimate of drug-likeness (QED) is 0.830. The van der Waals surface area contributed by atoms with E-state index < -0.39 is 0 Å². The van der Waals surface area contributed by atoms with Gasteiger partial charge >= 0.3 is 0 Å². The lowest BCUT2D eigenvalue weighted by atomic mass is 10.2. The van der Waals surface area contributed by atoms with Crippen LogP contribution in [-0.2, 0) is 0 Å². The van der Waals surface area contributed by atoms with Crippen LogP contribution in [0.15, 0.2) is 24.5 Å². The van der Waals surface area contributed by atoms with Gasteiger partial charge in [0, 0.05) is 44.1 Å². The summed E-state index contributed by atoms with van der Waals surface area (Å²) in [6.07, 6.45) is 4.44. The zero-order valence-corrected chi connectivity index (χ0v) is 11.4. The molecular weight excluding hydrogens is 246 g/mol. The molecule has 1 aliphatic rings. The molecule has 1 amide bonds. The fourth-order valence-corrected chi connectivity index (χ4v) is 2.29. The molecule has 0 unspecified atom stereocenters. The Morgan fingerprint density at radius 2 is 1.89 bits per heavy atom. The Morgan fingerprint density at radius 3 is 2.50 bits per heavy atom. The van der Waals surface area contributed by atoms with E-state index in [4.69, 9.17) is 0 Å². The molecule has 98 valence electrons. The predicted octanol–water partition coefficient (Wildman–Crippen LogP) is 1.16. The Kier molecular flexibility index (Phi) is 5.01. The van der Waals surface area contributed by atoms with Crippen LogP contribution in [0.2, 0.25) is 0 Å². The second-order valence-corrected chi connectivity index (χ2v) is 4.89. The summed E-state index contributed by atoms with van der Waals surface area (Å²) in [6, 6.07) is 3.55. The van der Waals surface area contributed by atoms with Gasteiger partial charge in [-0.3, -0.25) is 14.7 Å². The Bertz CT molecular complexity index is 377. The molecule has 0 spiro atoms. The molecule has 2 rings (SSSR count). The van der Waals surface area contributed by atoms with Crippen LogP contribution in [0.4, 0.5) is 0 Å². The molecule has 0 aromatic carbocycles. The lowest BCUT2D eigenvalue weighted by Crippen LogP contribution is -2.48. The van der Waals surface area contributed by atoms with E-state index in [1.165, 1.54) is 0 Å². The van der Waals surface area contributed by atoms with E-state index in [0.717, 1.165) is 50.5 Å². The molecule has 0 radical (unpaired) electrons. The van der Waals surface area contributed by atoms with Crippen molar-refractivity contribution in [2.45, 2.75) is 6.42 Å². The first kappa shape index (κ1) is 13.4. The molecule has 1 saturated heterocycles. The van der Waals surface area contributed by atoms with E-state index in [9.17, 15) is 4.79 Å². The van der Waals surface area contributed by atoms with Crippen molar-refractivity contribution in [3.63, 3.8) is 0 Å². The minimum Gasteiger partial charge on any atom is -0.336 e. The summed E-state index contributed by atoms with van der Waals surface area (Å²) >= 11 is 4.22. The van der Waals surface area contributed by atoms with Gasteiger partial charge in [-0.2, -0.15) is 12.6 Å². The molecule has 1 fully saturated rings. The number of carbonyl (C=O) groups excluding carboxylic acids is 1. The predicted molar refractivity (Wildman–Crippen MR) is 75.1 cm³/mol. The lowest BCUT2D eigenvalue weighted by molar-refractivity contribution is 0.0637. The van der Waals surface area contributed by atoms with E-state index in [0.29, 0.717) is 0 Å². The standard InChI is InChI=1S/C13H19N3OS/c17-13(12-2-4-14-5-3-12)16-9-7-15(8-10-16)6-1-11-18/h2-5,18H,1,6-11H2. The number of nitrogens with zero attached hydrogens (tertiary/aromatic N) is 3. The molecule has 2 heterocycles. The summed E-state index contributed by atoms with van der Waals surface area (Å²) in [5.41, 5.74) is 0.730. The number of hydrogen-bond acceptors (Lipinski definition) is 4. The number of rotatable bonds is 4. The summed E-state index contributed by atoms with van der Waals surface area (Å²) < 4.78 is 0. The third kappa shape index (κ3) is 3.46. The van der Waals surface area contributed by atoms with Crippen molar-refractivity contribution in [2.24, 2.45) is 0 Å². The Hall–Kier alpha value is -1.07. The van der Waals surface area contributed by atoms with Gasteiger partial charge in [-0.25, -0.2) is 0 Å². The molecule has 1 aromatic heterocycles. The first-order valence-electron chi connectivity index (χ1n) is 6.34. The number of carbonyl (C=O) groups is 1. The highest BCUT2D eigenvalue weighted by atomic mass is 32.1. The van der Waals surface area contributed by atoms with E-state index in [1.807, 2.05) is 4.90 Å². The zero-order chi connectivity index (χ0) is 12.8. The number of amides is 1. The highest BCUT2D eigenvalue weighted by molar-refractivity contribution is 7.80. The van der Waals surface area contributed by atoms with Gasteiger partial charge in [0.15, 0.2) is 0 Å². The van der Waals surface area contributed by atoms with Gasteiger partial charge in [0.05, 0.1) is 0 Å². The summed E-state index contributed by atoms with van der Waals surface area (Å²) in [5, 5.41) is 0. The average molecular weight is 265 g/mol. The van der Waals surface area contributed by atoms with Crippen molar-refractivity contribution in [1.29, 1.82) is 0 Å². The third-order valence-electron chi connectivity index (χ3n) is 3.22. The minimum absolute atomic E-state index is 0.117. The van der Waals surface area contributed by atoms with Crippen LogP contribution in [-0.4, -0.2) is 59.2 Å². The molecule has 1 aromatic rings. The summed E-state index contributed by atoms with van der Waals surface area (Å²) in [6.45, 7) is 4.64. The van der Waals surface area contributed by atoms with Crippen molar-refractivity contribution in [3.05, 3.63) is 30.1 Å². The molecule has 0 atom stereocenters. The third-order valence-corrected chi connectivity index (χ3v) is 3.54. The van der Waals surface area contributed by atoms with E-state index in [-0.39, 0.29) is 5.91 Å². The van der Waals surface area contributed by atoms with E-state index in [2.05, 4.69) is 22.5 Å². The van der Waals surface area contributed by atoms with Gasteiger partial charge in [-0.05, 0) is 30.9 Å². The van der Waals surface area contributed by atoms with Crippen molar-refractivity contribution >= 4 is 18.5 Å². The Morgan fingerprint density at radius 1 is 1.22 bits per heavy atom. The second kappa shape index (κ2) is 6.75. The smallest absolute Gasteiger partial charge is 0.254 e. The van der Waals surface area contributed by atoms with Crippen LogP contribution in [0.3, 0.4) is 0 Å². The zero-order valence-electron chi connectivity index (χ0n) is 10.5. The molecule has 4 nitrogen and oxygen atoms in total. The number of pyridine rings is 1. The van der Waals surface area contributed by atoms with Gasteiger partial charge in [0.1, 0.15) is 0 Å². The Balaban J connectivity index is 1.84. The van der Waals surface area contributed by atoms with Crippen LogP contribution < -0.4 is 0 Å². The summed E-state index contributed by atoms with van der Waals surface area (Å²) in [5.74, 6) is 1.04. The van der Waals surface area contributed by atoms with Gasteiger partial charge in [0.25, 0.3) is 5.91 Å². The normalized spacial score (nSPS) is 16.8.